The van der Waals surface area contributed by atoms with E-state index in [1.165, 1.54) is 0 Å². The maximum atomic E-state index is 11.9. The van der Waals surface area contributed by atoms with Crippen molar-refractivity contribution in [2.24, 2.45) is 5.92 Å². The molecule has 0 bridgehead atoms. The van der Waals surface area contributed by atoms with Crippen molar-refractivity contribution in [2.45, 2.75) is 31.9 Å². The fourth-order valence-electron chi connectivity index (χ4n) is 1.84. The molecule has 0 aromatic heterocycles. The lowest BCUT2D eigenvalue weighted by atomic mass is 10.2. The van der Waals surface area contributed by atoms with Gasteiger partial charge in [-0.1, -0.05) is 18.2 Å². The van der Waals surface area contributed by atoms with Gasteiger partial charge in [-0.3, -0.25) is 4.79 Å². The van der Waals surface area contributed by atoms with Gasteiger partial charge in [-0.2, -0.15) is 0 Å². The molecule has 2 unspecified atom stereocenters. The van der Waals surface area contributed by atoms with Crippen molar-refractivity contribution in [3.05, 3.63) is 30.3 Å². The van der Waals surface area contributed by atoms with E-state index in [1.54, 1.807) is 19.1 Å². The van der Waals surface area contributed by atoms with Crippen LogP contribution in [0.4, 0.5) is 0 Å². The van der Waals surface area contributed by atoms with E-state index in [-0.39, 0.29) is 5.92 Å². The van der Waals surface area contributed by atoms with Gasteiger partial charge in [-0.25, -0.2) is 4.79 Å². The van der Waals surface area contributed by atoms with E-state index < -0.39 is 24.0 Å². The van der Waals surface area contributed by atoms with E-state index in [0.717, 1.165) is 12.8 Å². The van der Waals surface area contributed by atoms with E-state index in [9.17, 15) is 9.59 Å². The van der Waals surface area contributed by atoms with Gasteiger partial charge in [0, 0.05) is 0 Å². The van der Waals surface area contributed by atoms with Gasteiger partial charge in [0.15, 0.2) is 6.10 Å². The molecule has 5 nitrogen and oxygen atoms in total. The van der Waals surface area contributed by atoms with Crippen LogP contribution < -0.4 is 10.1 Å². The Kier molecular flexibility index (Phi) is 4.04. The number of carboxylic acids is 1. The molecule has 1 fully saturated rings. The monoisotopic (exact) mass is 263 g/mol. The number of hydrogen-bond acceptors (Lipinski definition) is 3. The first-order valence-electron chi connectivity index (χ1n) is 6.33. The summed E-state index contributed by atoms with van der Waals surface area (Å²) < 4.78 is 5.45. The van der Waals surface area contributed by atoms with Crippen LogP contribution in [-0.4, -0.2) is 29.1 Å². The van der Waals surface area contributed by atoms with Crippen LogP contribution in [0.3, 0.4) is 0 Å². The first kappa shape index (κ1) is 13.4. The number of carbonyl (C=O) groups excluding carboxylic acids is 1. The number of aliphatic carboxylic acids is 1. The summed E-state index contributed by atoms with van der Waals surface area (Å²) in [6.07, 6.45) is 0.985. The maximum absolute atomic E-state index is 11.9. The molecule has 1 amide bonds. The van der Waals surface area contributed by atoms with Gasteiger partial charge in [0.2, 0.25) is 0 Å². The summed E-state index contributed by atoms with van der Waals surface area (Å²) in [6, 6.07) is 8.17. The van der Waals surface area contributed by atoms with Crippen LogP contribution in [-0.2, 0) is 9.59 Å². The van der Waals surface area contributed by atoms with Crippen LogP contribution in [0.2, 0.25) is 0 Å². The predicted molar refractivity (Wildman–Crippen MR) is 68.8 cm³/mol. The number of ether oxygens (including phenoxy) is 1. The maximum Gasteiger partial charge on any atom is 0.326 e. The highest BCUT2D eigenvalue weighted by Crippen LogP contribution is 2.32. The molecule has 1 aromatic carbocycles. The van der Waals surface area contributed by atoms with Gasteiger partial charge in [0.1, 0.15) is 11.8 Å². The van der Waals surface area contributed by atoms with Gasteiger partial charge in [-0.15, -0.1) is 0 Å². The zero-order chi connectivity index (χ0) is 13.8. The number of hydrogen-bond donors (Lipinski definition) is 2. The molecule has 0 heterocycles. The standard InChI is InChI=1S/C14H17NO4/c1-9(19-11-5-3-2-4-6-11)13(16)15-12(14(17)18)10-7-8-10/h2-6,9-10,12H,7-8H2,1H3,(H,15,16)(H,17,18). The van der Waals surface area contributed by atoms with Gasteiger partial charge >= 0.3 is 5.97 Å². The van der Waals surface area contributed by atoms with E-state index in [2.05, 4.69) is 5.32 Å². The number of amides is 1. The van der Waals surface area contributed by atoms with Crippen molar-refractivity contribution >= 4 is 11.9 Å². The van der Waals surface area contributed by atoms with Gasteiger partial charge < -0.3 is 15.2 Å². The lowest BCUT2D eigenvalue weighted by molar-refractivity contribution is -0.143. The Morgan fingerprint density at radius 3 is 2.47 bits per heavy atom. The van der Waals surface area contributed by atoms with Crippen LogP contribution >= 0.6 is 0 Å². The summed E-state index contributed by atoms with van der Waals surface area (Å²) in [5.41, 5.74) is 0. The Morgan fingerprint density at radius 1 is 1.32 bits per heavy atom. The van der Waals surface area contributed by atoms with E-state index in [1.807, 2.05) is 18.2 Å². The third-order valence-corrected chi connectivity index (χ3v) is 3.08. The summed E-state index contributed by atoms with van der Waals surface area (Å²) in [6.45, 7) is 1.61. The van der Waals surface area contributed by atoms with Crippen molar-refractivity contribution < 1.29 is 19.4 Å². The minimum atomic E-state index is -0.984. The van der Waals surface area contributed by atoms with Crippen molar-refractivity contribution in [1.82, 2.24) is 5.32 Å². The zero-order valence-electron chi connectivity index (χ0n) is 10.7. The Bertz CT molecular complexity index is 456. The molecule has 19 heavy (non-hydrogen) atoms. The molecule has 0 spiro atoms. The molecule has 2 atom stereocenters. The summed E-state index contributed by atoms with van der Waals surface area (Å²) in [7, 11) is 0. The quantitative estimate of drug-likeness (QED) is 0.814. The molecule has 0 aliphatic heterocycles. The first-order valence-corrected chi connectivity index (χ1v) is 6.33. The highest BCUT2D eigenvalue weighted by Gasteiger charge is 2.38. The van der Waals surface area contributed by atoms with Gasteiger partial charge in [0.25, 0.3) is 5.91 Å². The van der Waals surface area contributed by atoms with E-state index in [4.69, 9.17) is 9.84 Å². The number of rotatable bonds is 6. The smallest absolute Gasteiger partial charge is 0.326 e. The minimum absolute atomic E-state index is 0.0605. The molecular formula is C14H17NO4. The SMILES string of the molecule is CC(Oc1ccccc1)C(=O)NC(C(=O)O)C1CC1. The summed E-state index contributed by atoms with van der Waals surface area (Å²) in [4.78, 5) is 22.9. The second-order valence-corrected chi connectivity index (χ2v) is 4.74. The summed E-state index contributed by atoms with van der Waals surface area (Å²) in [5, 5.41) is 11.6. The number of nitrogens with one attached hydrogen (secondary N) is 1. The van der Waals surface area contributed by atoms with Crippen LogP contribution in [0.5, 0.6) is 5.75 Å². The highest BCUT2D eigenvalue weighted by atomic mass is 16.5. The Hall–Kier alpha value is -2.04. The van der Waals surface area contributed by atoms with E-state index >= 15 is 0 Å². The molecule has 1 saturated carbocycles. The number of benzene rings is 1. The number of para-hydroxylation sites is 1. The molecule has 2 N–H and O–H groups in total. The molecule has 1 aliphatic rings. The number of carbonyl (C=O) groups is 2. The molecule has 1 aromatic rings. The van der Waals surface area contributed by atoms with Crippen molar-refractivity contribution in [1.29, 1.82) is 0 Å². The van der Waals surface area contributed by atoms with Gasteiger partial charge in [0.05, 0.1) is 0 Å². The summed E-state index contributed by atoms with van der Waals surface area (Å²) >= 11 is 0. The third kappa shape index (κ3) is 3.71. The molecular weight excluding hydrogens is 246 g/mol. The van der Waals surface area contributed by atoms with E-state index in [0.29, 0.717) is 5.75 Å². The molecule has 0 saturated heterocycles. The molecule has 2 rings (SSSR count). The molecule has 1 aliphatic carbocycles. The fourth-order valence-corrected chi connectivity index (χ4v) is 1.84. The van der Waals surface area contributed by atoms with Crippen LogP contribution in [0, 0.1) is 5.92 Å². The third-order valence-electron chi connectivity index (χ3n) is 3.08. The van der Waals surface area contributed by atoms with Crippen LogP contribution in [0.15, 0.2) is 30.3 Å². The average molecular weight is 263 g/mol. The first-order chi connectivity index (χ1) is 9.08. The van der Waals surface area contributed by atoms with Crippen molar-refractivity contribution in [3.63, 3.8) is 0 Å². The van der Waals surface area contributed by atoms with Crippen molar-refractivity contribution in [2.75, 3.05) is 0 Å². The molecule has 0 radical (unpaired) electrons. The Labute approximate surface area is 111 Å². The Morgan fingerprint density at radius 2 is 1.95 bits per heavy atom. The fraction of sp³-hybridized carbons (Fsp3) is 0.429. The molecule has 102 valence electrons. The normalized spacial score (nSPS) is 17.3. The minimum Gasteiger partial charge on any atom is -0.481 e. The summed E-state index contributed by atoms with van der Waals surface area (Å²) in [5.74, 6) is -0.736. The molecule has 5 heteroatoms. The van der Waals surface area contributed by atoms with Crippen molar-refractivity contribution in [3.8, 4) is 5.75 Å². The zero-order valence-corrected chi connectivity index (χ0v) is 10.7. The Balaban J connectivity index is 1.90. The second kappa shape index (κ2) is 5.73. The highest BCUT2D eigenvalue weighted by molar-refractivity contribution is 5.86. The van der Waals surface area contributed by atoms with Crippen LogP contribution in [0.25, 0.3) is 0 Å². The number of carboxylic acid groups (broad SMARTS) is 1. The second-order valence-electron chi connectivity index (χ2n) is 4.74. The average Bonchev–Trinajstić information content (AvgIpc) is 3.20. The lowest BCUT2D eigenvalue weighted by Crippen LogP contribution is -2.47. The predicted octanol–water partition coefficient (Wildman–Crippen LogP) is 1.43. The topological polar surface area (TPSA) is 75.6 Å². The largest absolute Gasteiger partial charge is 0.481 e. The van der Waals surface area contributed by atoms with Gasteiger partial charge in [-0.05, 0) is 37.8 Å². The van der Waals surface area contributed by atoms with Crippen LogP contribution in [0.1, 0.15) is 19.8 Å². The lowest BCUT2D eigenvalue weighted by Gasteiger charge is -2.18.